The number of anilines is 1. The summed E-state index contributed by atoms with van der Waals surface area (Å²) in [5, 5.41) is 23.2. The number of nitrogens with one attached hydrogen (secondary N) is 1. The maximum atomic E-state index is 12.1. The monoisotopic (exact) mass is 410 g/mol. The molecule has 10 heteroatoms. The lowest BCUT2D eigenvalue weighted by molar-refractivity contribution is -0.0982. The number of amides is 1. The van der Waals surface area contributed by atoms with Crippen LogP contribution >= 0.6 is 0 Å². The molecule has 0 radical (unpaired) electrons. The van der Waals surface area contributed by atoms with Crippen molar-refractivity contribution in [3.05, 3.63) is 17.8 Å². The Kier molecular flexibility index (Phi) is 7.81. The van der Waals surface area contributed by atoms with Crippen LogP contribution in [0.3, 0.4) is 0 Å². The standard InChI is InChI=1S/C19H31BN2O7/c1-9-27-15(23)13-10-12(20(26)29-19(7,8)18(5,6)25)11-14(21-13)22-16(24)28-17(2,3)4/h10-11,25-26H,9H2,1-8H3,(H,21,22,24). The van der Waals surface area contributed by atoms with Crippen LogP contribution in [-0.4, -0.2) is 57.7 Å². The van der Waals surface area contributed by atoms with E-state index in [-0.39, 0.29) is 23.6 Å². The molecule has 0 spiro atoms. The molecule has 0 aromatic carbocycles. The maximum absolute atomic E-state index is 12.1. The van der Waals surface area contributed by atoms with Gasteiger partial charge in [0.25, 0.3) is 0 Å². The Labute approximate surface area is 171 Å². The van der Waals surface area contributed by atoms with Crippen LogP contribution in [0.4, 0.5) is 10.6 Å². The van der Waals surface area contributed by atoms with E-state index in [1.54, 1.807) is 55.4 Å². The van der Waals surface area contributed by atoms with Crippen LogP contribution in [0.1, 0.15) is 65.9 Å². The van der Waals surface area contributed by atoms with Crippen LogP contribution in [-0.2, 0) is 14.1 Å². The normalized spacial score (nSPS) is 12.3. The Balaban J connectivity index is 3.23. The predicted octanol–water partition coefficient (Wildman–Crippen LogP) is 1.86. The molecular formula is C19H31BN2O7. The van der Waals surface area contributed by atoms with E-state index in [2.05, 4.69) is 10.3 Å². The van der Waals surface area contributed by atoms with E-state index >= 15 is 0 Å². The highest BCUT2D eigenvalue weighted by atomic mass is 16.6. The third-order valence-electron chi connectivity index (χ3n) is 4.13. The van der Waals surface area contributed by atoms with Crippen molar-refractivity contribution >= 4 is 30.5 Å². The van der Waals surface area contributed by atoms with Gasteiger partial charge in [-0.25, -0.2) is 14.6 Å². The number of pyridine rings is 1. The summed E-state index contributed by atoms with van der Waals surface area (Å²) in [6.45, 7) is 13.2. The summed E-state index contributed by atoms with van der Waals surface area (Å²) in [4.78, 5) is 28.2. The number of ether oxygens (including phenoxy) is 2. The van der Waals surface area contributed by atoms with Gasteiger partial charge in [0.15, 0.2) is 0 Å². The summed E-state index contributed by atoms with van der Waals surface area (Å²) in [5.74, 6) is -0.751. The molecule has 1 aromatic rings. The third kappa shape index (κ3) is 7.64. The first-order chi connectivity index (χ1) is 13.1. The molecule has 162 valence electrons. The number of hydrogen-bond acceptors (Lipinski definition) is 8. The van der Waals surface area contributed by atoms with Crippen LogP contribution in [0, 0.1) is 0 Å². The van der Waals surface area contributed by atoms with Gasteiger partial charge in [0, 0.05) is 0 Å². The molecule has 0 saturated heterocycles. The molecule has 0 saturated carbocycles. The van der Waals surface area contributed by atoms with Crippen LogP contribution in [0.5, 0.6) is 0 Å². The summed E-state index contributed by atoms with van der Waals surface area (Å²) in [5.41, 5.74) is -3.10. The van der Waals surface area contributed by atoms with Crippen molar-refractivity contribution < 1.29 is 33.8 Å². The molecular weight excluding hydrogens is 379 g/mol. The summed E-state index contributed by atoms with van der Waals surface area (Å²) in [6, 6.07) is 2.64. The van der Waals surface area contributed by atoms with Gasteiger partial charge < -0.3 is 24.3 Å². The van der Waals surface area contributed by atoms with E-state index in [9.17, 15) is 19.7 Å². The van der Waals surface area contributed by atoms with Crippen molar-refractivity contribution in [2.24, 2.45) is 0 Å². The zero-order chi connectivity index (χ0) is 22.6. The van der Waals surface area contributed by atoms with E-state index in [0.717, 1.165) is 0 Å². The Morgan fingerprint density at radius 3 is 2.21 bits per heavy atom. The second kappa shape index (κ2) is 9.10. The molecule has 0 atom stereocenters. The molecule has 1 aromatic heterocycles. The molecule has 0 aliphatic carbocycles. The number of aliphatic hydroxyl groups is 1. The molecule has 1 heterocycles. The van der Waals surface area contributed by atoms with Crippen molar-refractivity contribution in [3.8, 4) is 0 Å². The van der Waals surface area contributed by atoms with Crippen molar-refractivity contribution in [3.63, 3.8) is 0 Å². The Morgan fingerprint density at radius 1 is 1.14 bits per heavy atom. The molecule has 0 fully saturated rings. The van der Waals surface area contributed by atoms with Crippen LogP contribution in [0.2, 0.25) is 0 Å². The number of nitrogens with zero attached hydrogens (tertiary/aromatic N) is 1. The molecule has 1 rings (SSSR count). The molecule has 0 bridgehead atoms. The van der Waals surface area contributed by atoms with E-state index in [1.165, 1.54) is 12.1 Å². The average Bonchev–Trinajstić information content (AvgIpc) is 2.51. The van der Waals surface area contributed by atoms with Gasteiger partial charge in [-0.3, -0.25) is 5.32 Å². The fourth-order valence-electron chi connectivity index (χ4n) is 1.97. The summed E-state index contributed by atoms with van der Waals surface area (Å²) in [7, 11) is -1.51. The number of rotatable bonds is 7. The lowest BCUT2D eigenvalue weighted by atomic mass is 9.76. The Morgan fingerprint density at radius 2 is 1.72 bits per heavy atom. The van der Waals surface area contributed by atoms with Crippen molar-refractivity contribution in [2.75, 3.05) is 11.9 Å². The van der Waals surface area contributed by atoms with Gasteiger partial charge in [-0.1, -0.05) is 0 Å². The topological polar surface area (TPSA) is 127 Å². The van der Waals surface area contributed by atoms with Gasteiger partial charge in [0.1, 0.15) is 17.1 Å². The van der Waals surface area contributed by atoms with Gasteiger partial charge in [0.05, 0.1) is 17.8 Å². The number of hydrogen-bond donors (Lipinski definition) is 3. The Bertz CT molecular complexity index is 739. The second-order valence-corrected chi connectivity index (χ2v) is 8.56. The Hall–Kier alpha value is -2.17. The highest BCUT2D eigenvalue weighted by Crippen LogP contribution is 2.25. The molecule has 9 nitrogen and oxygen atoms in total. The van der Waals surface area contributed by atoms with E-state index in [4.69, 9.17) is 14.1 Å². The molecule has 29 heavy (non-hydrogen) atoms. The fourth-order valence-corrected chi connectivity index (χ4v) is 1.97. The largest absolute Gasteiger partial charge is 0.491 e. The minimum absolute atomic E-state index is 0.0245. The first-order valence-electron chi connectivity index (χ1n) is 9.33. The second-order valence-electron chi connectivity index (χ2n) is 8.56. The van der Waals surface area contributed by atoms with Gasteiger partial charge in [0.2, 0.25) is 0 Å². The first-order valence-corrected chi connectivity index (χ1v) is 9.33. The van der Waals surface area contributed by atoms with Crippen molar-refractivity contribution in [2.45, 2.75) is 72.2 Å². The number of esters is 1. The predicted molar refractivity (Wildman–Crippen MR) is 109 cm³/mol. The van der Waals surface area contributed by atoms with E-state index in [1.807, 2.05) is 0 Å². The lowest BCUT2D eigenvalue weighted by Gasteiger charge is -2.38. The van der Waals surface area contributed by atoms with Crippen LogP contribution in [0.25, 0.3) is 0 Å². The molecule has 0 aliphatic rings. The molecule has 3 N–H and O–H groups in total. The lowest BCUT2D eigenvalue weighted by Crippen LogP contribution is -2.53. The SMILES string of the molecule is CCOC(=O)c1cc(B(O)OC(C)(C)C(C)(C)O)cc(NC(=O)OC(C)(C)C)n1. The van der Waals surface area contributed by atoms with Crippen molar-refractivity contribution in [1.29, 1.82) is 0 Å². The van der Waals surface area contributed by atoms with Gasteiger partial charge >= 0.3 is 19.2 Å². The van der Waals surface area contributed by atoms with E-state index in [0.29, 0.717) is 0 Å². The van der Waals surface area contributed by atoms with Gasteiger partial charge in [-0.2, -0.15) is 0 Å². The van der Waals surface area contributed by atoms with Crippen LogP contribution in [0.15, 0.2) is 12.1 Å². The average molecular weight is 410 g/mol. The number of aromatic nitrogens is 1. The number of carbonyl (C=O) groups excluding carboxylic acids is 2. The minimum atomic E-state index is -1.51. The first kappa shape index (κ1) is 24.9. The fraction of sp³-hybridized carbons (Fsp3) is 0.632. The van der Waals surface area contributed by atoms with Gasteiger partial charge in [-0.15, -0.1) is 0 Å². The van der Waals surface area contributed by atoms with Crippen LogP contribution < -0.4 is 10.8 Å². The smallest absolute Gasteiger partial charge is 0.461 e. The van der Waals surface area contributed by atoms with E-state index < -0.39 is 36.0 Å². The summed E-state index contributed by atoms with van der Waals surface area (Å²) in [6.07, 6.45) is -0.774. The highest BCUT2D eigenvalue weighted by molar-refractivity contribution is 6.60. The zero-order valence-electron chi connectivity index (χ0n) is 18.3. The third-order valence-corrected chi connectivity index (χ3v) is 4.13. The molecule has 1 amide bonds. The maximum Gasteiger partial charge on any atom is 0.491 e. The van der Waals surface area contributed by atoms with Crippen molar-refractivity contribution in [1.82, 2.24) is 4.98 Å². The molecule has 0 aliphatic heterocycles. The summed E-state index contributed by atoms with van der Waals surface area (Å²) < 4.78 is 15.7. The minimum Gasteiger partial charge on any atom is -0.461 e. The quantitative estimate of drug-likeness (QED) is 0.459. The van der Waals surface area contributed by atoms with Gasteiger partial charge in [-0.05, 0) is 73.0 Å². The highest BCUT2D eigenvalue weighted by Gasteiger charge is 2.40. The number of carbonyl (C=O) groups is 2. The zero-order valence-corrected chi connectivity index (χ0v) is 18.3. The summed E-state index contributed by atoms with van der Waals surface area (Å²) >= 11 is 0. The molecule has 0 unspecified atom stereocenters.